The molecule has 1 aliphatic heterocycles. The third-order valence-corrected chi connectivity index (χ3v) is 6.52. The Morgan fingerprint density at radius 1 is 1.13 bits per heavy atom. The van der Waals surface area contributed by atoms with Crippen LogP contribution in [0, 0.1) is 18.8 Å². The van der Waals surface area contributed by atoms with Crippen LogP contribution in [-0.2, 0) is 6.18 Å². The monoisotopic (exact) mass is 462 g/mol. The Morgan fingerprint density at radius 2 is 1.73 bits per heavy atom. The summed E-state index contributed by atoms with van der Waals surface area (Å²) in [5.41, 5.74) is 2.14. The highest BCUT2D eigenvalue weighted by atomic mass is 35.5. The number of nitrogens with zero attached hydrogens (tertiary/aromatic N) is 3. The van der Waals surface area contributed by atoms with E-state index in [1.165, 1.54) is 32.2 Å². The van der Waals surface area contributed by atoms with Crippen molar-refractivity contribution >= 4 is 29.0 Å². The lowest BCUT2D eigenvalue weighted by atomic mass is 10.0. The summed E-state index contributed by atoms with van der Waals surface area (Å²) in [5, 5.41) is 0.156. The Labute approximate surface area is 182 Å². The SMILES string of the molecule is CN.Cc1nc(N2CC3CCCC3C2)c(C(F)(F)F)c(=O)n1-c1cccc(Cl)c1Cl. The van der Waals surface area contributed by atoms with Crippen molar-refractivity contribution in [1.29, 1.82) is 0 Å². The molecule has 4 rings (SSSR count). The summed E-state index contributed by atoms with van der Waals surface area (Å²) in [7, 11) is 1.50. The van der Waals surface area contributed by atoms with E-state index < -0.39 is 17.3 Å². The normalized spacial score (nSPS) is 20.7. The second-order valence-electron chi connectivity index (χ2n) is 7.42. The summed E-state index contributed by atoms with van der Waals surface area (Å²) in [4.78, 5) is 18.8. The van der Waals surface area contributed by atoms with Crippen LogP contribution in [0.2, 0.25) is 10.0 Å². The van der Waals surface area contributed by atoms with E-state index >= 15 is 0 Å². The molecule has 0 radical (unpaired) electrons. The molecule has 2 aromatic rings. The van der Waals surface area contributed by atoms with E-state index in [9.17, 15) is 18.0 Å². The van der Waals surface area contributed by atoms with Gasteiger partial charge in [-0.05, 0) is 50.8 Å². The Kier molecular flexibility index (Phi) is 6.69. The minimum absolute atomic E-state index is 0.00717. The molecule has 5 nitrogen and oxygen atoms in total. The third kappa shape index (κ3) is 4.05. The lowest BCUT2D eigenvalue weighted by Crippen LogP contribution is -2.36. The summed E-state index contributed by atoms with van der Waals surface area (Å²) < 4.78 is 42.6. The molecular formula is C20H23Cl2F3N4O. The zero-order valence-electron chi connectivity index (χ0n) is 16.6. The van der Waals surface area contributed by atoms with Crippen molar-refractivity contribution in [3.63, 3.8) is 0 Å². The van der Waals surface area contributed by atoms with Crippen molar-refractivity contribution in [2.45, 2.75) is 32.4 Å². The fraction of sp³-hybridized carbons (Fsp3) is 0.500. The number of aryl methyl sites for hydroxylation is 1. The first-order chi connectivity index (χ1) is 14.2. The molecule has 2 aliphatic rings. The predicted octanol–water partition coefficient (Wildman–Crippen LogP) is 4.68. The van der Waals surface area contributed by atoms with Gasteiger partial charge in [0.1, 0.15) is 11.6 Å². The second kappa shape index (κ2) is 8.77. The molecule has 2 N–H and O–H groups in total. The van der Waals surface area contributed by atoms with Gasteiger partial charge >= 0.3 is 6.18 Å². The predicted molar refractivity (Wildman–Crippen MR) is 113 cm³/mol. The van der Waals surface area contributed by atoms with E-state index in [1.54, 1.807) is 4.90 Å². The number of nitrogens with two attached hydrogens (primary N) is 1. The third-order valence-electron chi connectivity index (χ3n) is 5.71. The summed E-state index contributed by atoms with van der Waals surface area (Å²) >= 11 is 12.1. The van der Waals surface area contributed by atoms with Gasteiger partial charge in [0.15, 0.2) is 5.56 Å². The van der Waals surface area contributed by atoms with Crippen LogP contribution < -0.4 is 16.2 Å². The van der Waals surface area contributed by atoms with Crippen LogP contribution in [-0.4, -0.2) is 29.7 Å². The summed E-state index contributed by atoms with van der Waals surface area (Å²) in [5.74, 6) is 0.592. The lowest BCUT2D eigenvalue weighted by Gasteiger charge is -2.24. The smallest absolute Gasteiger partial charge is 0.355 e. The van der Waals surface area contributed by atoms with Gasteiger partial charge in [-0.3, -0.25) is 9.36 Å². The van der Waals surface area contributed by atoms with Gasteiger partial charge in [0.2, 0.25) is 0 Å². The molecule has 1 aromatic carbocycles. The number of rotatable bonds is 2. The molecule has 2 unspecified atom stereocenters. The molecule has 1 saturated carbocycles. The van der Waals surface area contributed by atoms with Gasteiger partial charge in [-0.15, -0.1) is 0 Å². The number of hydrogen-bond acceptors (Lipinski definition) is 4. The van der Waals surface area contributed by atoms with Crippen LogP contribution >= 0.6 is 23.2 Å². The molecule has 0 spiro atoms. The molecule has 164 valence electrons. The van der Waals surface area contributed by atoms with E-state index in [-0.39, 0.29) is 27.4 Å². The first-order valence-electron chi connectivity index (χ1n) is 9.66. The minimum Gasteiger partial charge on any atom is -0.355 e. The highest BCUT2D eigenvalue weighted by Gasteiger charge is 2.44. The standard InChI is InChI=1S/C19H18Cl2F3N3O.CH5N/c1-10-25-17(26-8-11-4-2-5-12(11)9-26)15(19(22,23)24)18(28)27(10)14-7-3-6-13(20)16(14)21;1-2/h3,6-7,11-12H,2,4-5,8-9H2,1H3;2H2,1H3. The Bertz CT molecular complexity index is 981. The van der Waals surface area contributed by atoms with Gasteiger partial charge in [-0.25, -0.2) is 4.98 Å². The molecule has 0 amide bonds. The largest absolute Gasteiger partial charge is 0.425 e. The molecule has 0 bridgehead atoms. The van der Waals surface area contributed by atoms with Gasteiger partial charge in [0.25, 0.3) is 5.56 Å². The second-order valence-corrected chi connectivity index (χ2v) is 8.21. The molecule has 2 heterocycles. The average molecular weight is 463 g/mol. The van der Waals surface area contributed by atoms with Gasteiger partial charge < -0.3 is 10.6 Å². The number of aromatic nitrogens is 2. The zero-order chi connectivity index (χ0) is 22.2. The highest BCUT2D eigenvalue weighted by Crippen LogP contribution is 2.42. The fourth-order valence-corrected chi connectivity index (χ4v) is 4.83. The number of benzene rings is 1. The van der Waals surface area contributed by atoms with Crippen molar-refractivity contribution < 1.29 is 13.2 Å². The molecule has 1 saturated heterocycles. The van der Waals surface area contributed by atoms with Crippen LogP contribution in [0.15, 0.2) is 23.0 Å². The maximum atomic E-state index is 13.9. The maximum Gasteiger partial charge on any atom is 0.425 e. The highest BCUT2D eigenvalue weighted by molar-refractivity contribution is 6.43. The molecule has 1 aliphatic carbocycles. The van der Waals surface area contributed by atoms with Gasteiger partial charge in [-0.1, -0.05) is 35.7 Å². The average Bonchev–Trinajstić information content (AvgIpc) is 3.27. The molecule has 2 fully saturated rings. The van der Waals surface area contributed by atoms with Crippen molar-refractivity contribution in [3.8, 4) is 5.69 Å². The number of anilines is 1. The van der Waals surface area contributed by atoms with Crippen LogP contribution in [0.5, 0.6) is 0 Å². The van der Waals surface area contributed by atoms with Gasteiger partial charge in [-0.2, -0.15) is 13.2 Å². The Hall–Kier alpha value is -1.77. The first kappa shape index (κ1) is 22.9. The molecule has 1 aromatic heterocycles. The van der Waals surface area contributed by atoms with E-state index in [0.29, 0.717) is 24.9 Å². The Balaban J connectivity index is 0.00000124. The quantitative estimate of drug-likeness (QED) is 0.703. The van der Waals surface area contributed by atoms with Crippen molar-refractivity contribution in [2.24, 2.45) is 17.6 Å². The summed E-state index contributed by atoms with van der Waals surface area (Å²) in [6.07, 6.45) is -1.71. The van der Waals surface area contributed by atoms with Crippen LogP contribution in [0.3, 0.4) is 0 Å². The first-order valence-corrected chi connectivity index (χ1v) is 10.4. The lowest BCUT2D eigenvalue weighted by molar-refractivity contribution is -0.138. The summed E-state index contributed by atoms with van der Waals surface area (Å²) in [6, 6.07) is 4.48. The van der Waals surface area contributed by atoms with E-state index in [0.717, 1.165) is 23.8 Å². The number of hydrogen-bond donors (Lipinski definition) is 1. The van der Waals surface area contributed by atoms with Crippen molar-refractivity contribution in [2.75, 3.05) is 25.0 Å². The Morgan fingerprint density at radius 3 is 2.30 bits per heavy atom. The fourth-order valence-electron chi connectivity index (χ4n) is 4.45. The van der Waals surface area contributed by atoms with Gasteiger partial charge in [0.05, 0.1) is 15.7 Å². The topological polar surface area (TPSA) is 64.2 Å². The number of alkyl halides is 3. The van der Waals surface area contributed by atoms with Crippen LogP contribution in [0.25, 0.3) is 5.69 Å². The maximum absolute atomic E-state index is 13.9. The van der Waals surface area contributed by atoms with Crippen molar-refractivity contribution in [1.82, 2.24) is 9.55 Å². The number of fused-ring (bicyclic) bond motifs is 1. The van der Waals surface area contributed by atoms with Crippen molar-refractivity contribution in [3.05, 3.63) is 50.0 Å². The molecule has 10 heteroatoms. The molecular weight excluding hydrogens is 440 g/mol. The molecule has 2 atom stereocenters. The van der Waals surface area contributed by atoms with E-state index in [4.69, 9.17) is 23.2 Å². The minimum atomic E-state index is -4.84. The van der Waals surface area contributed by atoms with Gasteiger partial charge in [0, 0.05) is 13.1 Å². The number of halogens is 5. The zero-order valence-corrected chi connectivity index (χ0v) is 18.2. The molecule has 30 heavy (non-hydrogen) atoms. The van der Waals surface area contributed by atoms with E-state index in [2.05, 4.69) is 10.7 Å². The van der Waals surface area contributed by atoms with E-state index in [1.807, 2.05) is 0 Å². The van der Waals surface area contributed by atoms with Crippen LogP contribution in [0.1, 0.15) is 30.7 Å². The van der Waals surface area contributed by atoms with Crippen LogP contribution in [0.4, 0.5) is 19.0 Å². The summed E-state index contributed by atoms with van der Waals surface area (Å²) in [6.45, 7) is 2.50.